The molecule has 3 N–H and O–H groups in total. The first kappa shape index (κ1) is 32.6. The molecular formula is C33H44N2O8. The second kappa shape index (κ2) is 14.9. The summed E-state index contributed by atoms with van der Waals surface area (Å²) in [5.41, 5.74) is 3.00. The molecule has 2 aliphatic rings. The van der Waals surface area contributed by atoms with Gasteiger partial charge in [0.15, 0.2) is 6.29 Å². The Morgan fingerprint density at radius 2 is 1.65 bits per heavy atom. The smallest absolute Gasteiger partial charge is 0.323 e. The van der Waals surface area contributed by atoms with Crippen molar-refractivity contribution >= 4 is 17.8 Å². The zero-order valence-electron chi connectivity index (χ0n) is 25.3. The number of aliphatic hydroxyl groups excluding tert-OH is 1. The van der Waals surface area contributed by atoms with Crippen LogP contribution in [0.2, 0.25) is 0 Å². The molecule has 1 amide bonds. The molecule has 0 aliphatic carbocycles. The van der Waals surface area contributed by atoms with E-state index < -0.39 is 17.9 Å². The molecule has 234 valence electrons. The van der Waals surface area contributed by atoms with Crippen molar-refractivity contribution in [2.24, 2.45) is 0 Å². The Balaban J connectivity index is 1.44. The Morgan fingerprint density at radius 3 is 2.30 bits per heavy atom. The highest BCUT2D eigenvalue weighted by Crippen LogP contribution is 2.39. The molecule has 0 spiro atoms. The number of esters is 1. The summed E-state index contributed by atoms with van der Waals surface area (Å²) < 4.78 is 18.6. The lowest BCUT2D eigenvalue weighted by Gasteiger charge is -2.38. The molecule has 0 saturated carbocycles. The van der Waals surface area contributed by atoms with Gasteiger partial charge >= 0.3 is 11.9 Å². The van der Waals surface area contributed by atoms with Crippen LogP contribution in [-0.4, -0.2) is 63.8 Å². The van der Waals surface area contributed by atoms with Gasteiger partial charge in [-0.25, -0.2) is 0 Å². The summed E-state index contributed by atoms with van der Waals surface area (Å²) in [4.78, 5) is 37.8. The maximum atomic E-state index is 13.0. The number of benzene rings is 2. The molecule has 2 saturated heterocycles. The molecule has 10 heteroatoms. The van der Waals surface area contributed by atoms with Crippen molar-refractivity contribution in [3.05, 3.63) is 70.8 Å². The number of amides is 1. The van der Waals surface area contributed by atoms with Crippen LogP contribution < -0.4 is 5.32 Å². The van der Waals surface area contributed by atoms with Gasteiger partial charge in [0.25, 0.3) is 0 Å². The number of hydrogen-bond donors (Lipinski definition) is 3. The Hall–Kier alpha value is -3.31. The van der Waals surface area contributed by atoms with Crippen molar-refractivity contribution in [3.8, 4) is 0 Å². The minimum atomic E-state index is -0.912. The molecule has 10 nitrogen and oxygen atoms in total. The molecule has 0 bridgehead atoms. The fourth-order valence-corrected chi connectivity index (χ4v) is 5.46. The monoisotopic (exact) mass is 596 g/mol. The van der Waals surface area contributed by atoms with E-state index in [0.29, 0.717) is 25.9 Å². The minimum Gasteiger partial charge on any atom is -0.481 e. The fourth-order valence-electron chi connectivity index (χ4n) is 5.46. The predicted octanol–water partition coefficient (Wildman–Crippen LogP) is 4.40. The highest BCUT2D eigenvalue weighted by atomic mass is 16.7. The third-order valence-corrected chi connectivity index (χ3v) is 7.63. The van der Waals surface area contributed by atoms with Gasteiger partial charge in [-0.1, -0.05) is 48.5 Å². The van der Waals surface area contributed by atoms with Gasteiger partial charge in [-0.15, -0.1) is 0 Å². The van der Waals surface area contributed by atoms with Crippen LogP contribution in [0.1, 0.15) is 93.9 Å². The van der Waals surface area contributed by atoms with Crippen molar-refractivity contribution in [1.82, 2.24) is 10.2 Å². The second-order valence-electron chi connectivity index (χ2n) is 12.3. The van der Waals surface area contributed by atoms with Crippen molar-refractivity contribution in [2.45, 2.75) is 103 Å². The number of carbonyl (C=O) groups excluding carboxylic acids is 2. The van der Waals surface area contributed by atoms with Crippen molar-refractivity contribution in [1.29, 1.82) is 0 Å². The van der Waals surface area contributed by atoms with Crippen LogP contribution in [0.3, 0.4) is 0 Å². The lowest BCUT2D eigenvalue weighted by atomic mass is 9.99. The summed E-state index contributed by atoms with van der Waals surface area (Å²) in [6, 6.07) is 15.1. The summed E-state index contributed by atoms with van der Waals surface area (Å²) in [7, 11) is 0. The zero-order chi connectivity index (χ0) is 31.0. The molecule has 2 heterocycles. The van der Waals surface area contributed by atoms with E-state index >= 15 is 0 Å². The van der Waals surface area contributed by atoms with Gasteiger partial charge in [-0.05, 0) is 63.3 Å². The predicted molar refractivity (Wildman–Crippen MR) is 159 cm³/mol. The van der Waals surface area contributed by atoms with Crippen LogP contribution in [0.5, 0.6) is 0 Å². The number of aliphatic hydroxyl groups is 1. The van der Waals surface area contributed by atoms with E-state index in [1.807, 2.05) is 69.3 Å². The van der Waals surface area contributed by atoms with Gasteiger partial charge in [0, 0.05) is 37.9 Å². The number of nitrogens with one attached hydrogen (secondary N) is 1. The third-order valence-electron chi connectivity index (χ3n) is 7.63. The van der Waals surface area contributed by atoms with E-state index in [1.54, 1.807) is 0 Å². The fraction of sp³-hybridized carbons (Fsp3) is 0.545. The van der Waals surface area contributed by atoms with Crippen LogP contribution in [0.15, 0.2) is 48.5 Å². The van der Waals surface area contributed by atoms with Crippen molar-refractivity contribution < 1.29 is 38.8 Å². The summed E-state index contributed by atoms with van der Waals surface area (Å²) in [6.07, 6.45) is 1.64. The summed E-state index contributed by atoms with van der Waals surface area (Å²) >= 11 is 0. The second-order valence-corrected chi connectivity index (χ2v) is 12.3. The number of nitrogens with zero attached hydrogens (tertiary/aromatic N) is 1. The number of ether oxygens (including phenoxy) is 3. The zero-order valence-corrected chi connectivity index (χ0v) is 25.3. The average Bonchev–Trinajstić information content (AvgIpc) is 3.43. The Labute approximate surface area is 253 Å². The standard InChI is InChI=1S/C33H44N2O8/c1-33(2,3)43-31(40)27-6-5-17-35(27)20-26-18-28(24-13-11-23(21-36)12-14-24)42-32(41-26)25-15-9-22(10-16-25)19-34-29(37)7-4-8-30(38)39/h9-16,26-28,32,36H,4-8,17-21H2,1-3H3,(H,34,37)(H,38,39)/t26-,27-,28+,32+/m0/s1. The van der Waals surface area contributed by atoms with E-state index in [-0.39, 0.29) is 49.6 Å². The number of carboxylic acids is 1. The van der Waals surface area contributed by atoms with Crippen molar-refractivity contribution in [3.63, 3.8) is 0 Å². The van der Waals surface area contributed by atoms with Gasteiger partial charge in [0.05, 0.1) is 18.8 Å². The van der Waals surface area contributed by atoms with Gasteiger partial charge in [-0.2, -0.15) is 0 Å². The van der Waals surface area contributed by atoms with Crippen LogP contribution in [0, 0.1) is 0 Å². The van der Waals surface area contributed by atoms with Gasteiger partial charge in [0.1, 0.15) is 11.6 Å². The third kappa shape index (κ3) is 9.86. The number of likely N-dealkylation sites (tertiary alicyclic amines) is 1. The van der Waals surface area contributed by atoms with E-state index in [4.69, 9.17) is 19.3 Å². The summed E-state index contributed by atoms with van der Waals surface area (Å²) in [5, 5.41) is 21.1. The van der Waals surface area contributed by atoms with Gasteiger partial charge in [-0.3, -0.25) is 19.3 Å². The normalized spacial score (nSPS) is 22.7. The lowest BCUT2D eigenvalue weighted by molar-refractivity contribution is -0.253. The largest absolute Gasteiger partial charge is 0.481 e. The topological polar surface area (TPSA) is 135 Å². The molecule has 2 aromatic rings. The molecule has 2 aliphatic heterocycles. The number of carbonyl (C=O) groups is 3. The number of aliphatic carboxylic acids is 1. The van der Waals surface area contributed by atoms with E-state index in [9.17, 15) is 19.5 Å². The molecule has 2 aromatic carbocycles. The first-order chi connectivity index (χ1) is 20.5. The molecule has 0 aromatic heterocycles. The van der Waals surface area contributed by atoms with Crippen LogP contribution in [0.25, 0.3) is 0 Å². The average molecular weight is 597 g/mol. The summed E-state index contributed by atoms with van der Waals surface area (Å²) in [5.74, 6) is -1.30. The quantitative estimate of drug-likeness (QED) is 0.305. The van der Waals surface area contributed by atoms with E-state index in [0.717, 1.165) is 41.6 Å². The van der Waals surface area contributed by atoms with Gasteiger partial charge < -0.3 is 29.7 Å². The van der Waals surface area contributed by atoms with Crippen LogP contribution in [0.4, 0.5) is 0 Å². The Kier molecular flexibility index (Phi) is 11.3. The van der Waals surface area contributed by atoms with Crippen LogP contribution >= 0.6 is 0 Å². The number of carboxylic acid groups (broad SMARTS) is 1. The first-order valence-electron chi connectivity index (χ1n) is 15.1. The number of rotatable bonds is 12. The maximum absolute atomic E-state index is 13.0. The van der Waals surface area contributed by atoms with Crippen molar-refractivity contribution in [2.75, 3.05) is 13.1 Å². The molecule has 2 fully saturated rings. The molecule has 0 unspecified atom stereocenters. The van der Waals surface area contributed by atoms with Gasteiger partial charge in [0.2, 0.25) is 5.91 Å². The molecule has 4 atom stereocenters. The van der Waals surface area contributed by atoms with E-state index in [1.165, 1.54) is 0 Å². The highest BCUT2D eigenvalue weighted by molar-refractivity contribution is 5.77. The first-order valence-corrected chi connectivity index (χ1v) is 15.1. The minimum absolute atomic E-state index is 0.0313. The molecule has 0 radical (unpaired) electrons. The Morgan fingerprint density at radius 1 is 0.977 bits per heavy atom. The van der Waals surface area contributed by atoms with E-state index in [2.05, 4.69) is 10.2 Å². The molecular weight excluding hydrogens is 552 g/mol. The maximum Gasteiger partial charge on any atom is 0.323 e. The molecule has 4 rings (SSSR count). The highest BCUT2D eigenvalue weighted by Gasteiger charge is 2.38. The summed E-state index contributed by atoms with van der Waals surface area (Å²) in [6.45, 7) is 7.31. The van der Waals surface area contributed by atoms with Crippen LogP contribution in [-0.2, 0) is 41.7 Å². The SMILES string of the molecule is CC(C)(C)OC(=O)[C@@H]1CCCN1C[C@@H]1C[C@H](c2ccc(CO)cc2)O[C@H](c2ccc(CNC(=O)CCCC(=O)O)cc2)O1. The molecule has 43 heavy (non-hydrogen) atoms. The Bertz CT molecular complexity index is 1220. The lowest BCUT2D eigenvalue weighted by Crippen LogP contribution is -2.45. The number of hydrogen-bond acceptors (Lipinski definition) is 8.